The van der Waals surface area contributed by atoms with E-state index in [-0.39, 0.29) is 11.8 Å². The van der Waals surface area contributed by atoms with E-state index >= 15 is 0 Å². The van der Waals surface area contributed by atoms with Crippen molar-refractivity contribution >= 4 is 38.9 Å². The fourth-order valence-corrected chi connectivity index (χ4v) is 3.49. The van der Waals surface area contributed by atoms with Crippen LogP contribution in [0.5, 0.6) is 0 Å². The fraction of sp³-hybridized carbons (Fsp3) is 0.286. The number of anilines is 1. The zero-order chi connectivity index (χ0) is 13.4. The Hall–Kier alpha value is -1.20. The molecule has 1 aromatic heterocycles. The van der Waals surface area contributed by atoms with E-state index in [1.54, 1.807) is 11.3 Å². The predicted octanol–water partition coefficient (Wildman–Crippen LogP) is 3.73. The Morgan fingerprint density at radius 2 is 2.11 bits per heavy atom. The van der Waals surface area contributed by atoms with Gasteiger partial charge < -0.3 is 4.90 Å². The highest BCUT2D eigenvalue weighted by Crippen LogP contribution is 2.34. The van der Waals surface area contributed by atoms with Crippen LogP contribution in [0.4, 0.5) is 5.69 Å². The molecule has 1 aliphatic rings. The molecule has 0 aliphatic carbocycles. The van der Waals surface area contributed by atoms with E-state index in [9.17, 15) is 4.79 Å². The maximum atomic E-state index is 12.5. The average molecular weight is 337 g/mol. The number of aromatic nitrogens is 1. The molecule has 1 aliphatic heterocycles. The lowest BCUT2D eigenvalue weighted by atomic mass is 10.1. The lowest BCUT2D eigenvalue weighted by Gasteiger charge is -2.16. The van der Waals surface area contributed by atoms with Crippen molar-refractivity contribution < 1.29 is 4.79 Å². The number of rotatable bonds is 2. The molecule has 2 heterocycles. The molecule has 0 N–H and O–H groups in total. The van der Waals surface area contributed by atoms with E-state index in [0.717, 1.165) is 33.0 Å². The number of nitrogens with zero attached hydrogens (tertiary/aromatic N) is 2. The fourth-order valence-electron chi connectivity index (χ4n) is 2.32. The van der Waals surface area contributed by atoms with Gasteiger partial charge in [0.1, 0.15) is 5.01 Å². The van der Waals surface area contributed by atoms with E-state index in [1.807, 2.05) is 42.3 Å². The van der Waals surface area contributed by atoms with E-state index in [2.05, 4.69) is 20.9 Å². The monoisotopic (exact) mass is 336 g/mol. The molecule has 1 fully saturated rings. The summed E-state index contributed by atoms with van der Waals surface area (Å²) < 4.78 is 1.02. The van der Waals surface area contributed by atoms with Crippen molar-refractivity contribution in [2.24, 2.45) is 0 Å². The second kappa shape index (κ2) is 5.06. The Bertz CT molecular complexity index is 608. The molecule has 1 atom stereocenters. The predicted molar refractivity (Wildman–Crippen MR) is 80.7 cm³/mol. The van der Waals surface area contributed by atoms with Gasteiger partial charge in [-0.05, 0) is 37.6 Å². The molecule has 98 valence electrons. The summed E-state index contributed by atoms with van der Waals surface area (Å²) in [6.07, 6.45) is 2.69. The van der Waals surface area contributed by atoms with Crippen molar-refractivity contribution in [3.8, 4) is 0 Å². The minimum absolute atomic E-state index is 0.0673. The Morgan fingerprint density at radius 3 is 2.74 bits per heavy atom. The van der Waals surface area contributed by atoms with Crippen LogP contribution in [0.25, 0.3) is 0 Å². The number of carbonyl (C=O) groups is 1. The van der Waals surface area contributed by atoms with Gasteiger partial charge in [0, 0.05) is 27.8 Å². The Labute approximate surface area is 124 Å². The number of thiazole rings is 1. The largest absolute Gasteiger partial charge is 0.312 e. The first-order valence-electron chi connectivity index (χ1n) is 6.14. The molecule has 1 unspecified atom stereocenters. The van der Waals surface area contributed by atoms with Gasteiger partial charge in [0.05, 0.1) is 5.92 Å². The van der Waals surface area contributed by atoms with E-state index in [4.69, 9.17) is 0 Å². The van der Waals surface area contributed by atoms with E-state index in [1.165, 1.54) is 0 Å². The lowest BCUT2D eigenvalue weighted by molar-refractivity contribution is -0.118. The molecule has 1 saturated heterocycles. The lowest BCUT2D eigenvalue weighted by Crippen LogP contribution is -2.26. The quantitative estimate of drug-likeness (QED) is 0.837. The molecule has 3 nitrogen and oxygen atoms in total. The number of hydrogen-bond donors (Lipinski definition) is 0. The summed E-state index contributed by atoms with van der Waals surface area (Å²) in [4.78, 5) is 19.8. The third-order valence-electron chi connectivity index (χ3n) is 3.28. The minimum atomic E-state index is -0.0673. The zero-order valence-electron chi connectivity index (χ0n) is 10.5. The number of carbonyl (C=O) groups excluding carboxylic acids is 1. The van der Waals surface area contributed by atoms with Crippen LogP contribution in [0.1, 0.15) is 22.2 Å². The van der Waals surface area contributed by atoms with Crippen molar-refractivity contribution in [2.45, 2.75) is 19.3 Å². The molecule has 3 rings (SSSR count). The summed E-state index contributed by atoms with van der Waals surface area (Å²) in [6, 6.07) is 7.86. The third-order valence-corrected chi connectivity index (χ3v) is 4.84. The average Bonchev–Trinajstić information content (AvgIpc) is 2.97. The zero-order valence-corrected chi connectivity index (χ0v) is 12.9. The first-order valence-corrected chi connectivity index (χ1v) is 7.75. The molecule has 0 spiro atoms. The first kappa shape index (κ1) is 12.8. The van der Waals surface area contributed by atoms with Crippen molar-refractivity contribution in [1.82, 2.24) is 4.98 Å². The molecule has 0 bridgehead atoms. The standard InChI is InChI=1S/C14H13BrN2OS/c1-9-8-16-13(19-9)12-6-7-17(14(12)18)11-4-2-10(15)3-5-11/h2-5,8,12H,6-7H2,1H3. The Balaban J connectivity index is 1.84. The van der Waals surface area contributed by atoms with Crippen LogP contribution in [0.15, 0.2) is 34.9 Å². The van der Waals surface area contributed by atoms with Crippen LogP contribution in [-0.4, -0.2) is 17.4 Å². The van der Waals surface area contributed by atoms with Crippen LogP contribution in [-0.2, 0) is 4.79 Å². The third kappa shape index (κ3) is 2.44. The molecule has 0 radical (unpaired) electrons. The highest BCUT2D eigenvalue weighted by molar-refractivity contribution is 9.10. The first-order chi connectivity index (χ1) is 9.15. The molecule has 0 saturated carbocycles. The number of aryl methyl sites for hydroxylation is 1. The molecule has 1 aromatic carbocycles. The van der Waals surface area contributed by atoms with Crippen LogP contribution < -0.4 is 4.90 Å². The SMILES string of the molecule is Cc1cnc(C2CCN(c3ccc(Br)cc3)C2=O)s1. The van der Waals surface area contributed by atoms with Gasteiger partial charge in [0.2, 0.25) is 5.91 Å². The molecular weight excluding hydrogens is 324 g/mol. The second-order valence-electron chi connectivity index (χ2n) is 4.62. The number of benzene rings is 1. The van der Waals surface area contributed by atoms with Gasteiger partial charge in [-0.3, -0.25) is 4.79 Å². The highest BCUT2D eigenvalue weighted by atomic mass is 79.9. The van der Waals surface area contributed by atoms with Gasteiger partial charge in [-0.25, -0.2) is 4.98 Å². The molecular formula is C14H13BrN2OS. The number of hydrogen-bond acceptors (Lipinski definition) is 3. The van der Waals surface area contributed by atoms with Gasteiger partial charge in [-0.15, -0.1) is 11.3 Å². The summed E-state index contributed by atoms with van der Waals surface area (Å²) in [7, 11) is 0. The van der Waals surface area contributed by atoms with Crippen LogP contribution in [0.2, 0.25) is 0 Å². The molecule has 1 amide bonds. The normalized spacial score (nSPS) is 19.2. The smallest absolute Gasteiger partial charge is 0.237 e. The van der Waals surface area contributed by atoms with Crippen LogP contribution in [0.3, 0.4) is 0 Å². The van der Waals surface area contributed by atoms with Gasteiger partial charge in [-0.2, -0.15) is 0 Å². The van der Waals surface area contributed by atoms with Crippen LogP contribution >= 0.6 is 27.3 Å². The molecule has 19 heavy (non-hydrogen) atoms. The summed E-state index contributed by atoms with van der Waals surface area (Å²) >= 11 is 5.03. The van der Waals surface area contributed by atoms with Crippen molar-refractivity contribution in [2.75, 3.05) is 11.4 Å². The molecule has 5 heteroatoms. The summed E-state index contributed by atoms with van der Waals surface area (Å²) in [5.74, 6) is 0.0963. The topological polar surface area (TPSA) is 33.2 Å². The second-order valence-corrected chi connectivity index (χ2v) is 6.80. The number of halogens is 1. The minimum Gasteiger partial charge on any atom is -0.312 e. The Kier molecular flexibility index (Phi) is 3.41. The Morgan fingerprint density at radius 1 is 1.37 bits per heavy atom. The number of amides is 1. The van der Waals surface area contributed by atoms with Crippen molar-refractivity contribution in [3.05, 3.63) is 44.8 Å². The van der Waals surface area contributed by atoms with Gasteiger partial charge >= 0.3 is 0 Å². The van der Waals surface area contributed by atoms with Crippen LogP contribution in [0, 0.1) is 6.92 Å². The molecule has 2 aromatic rings. The van der Waals surface area contributed by atoms with Gasteiger partial charge in [0.15, 0.2) is 0 Å². The van der Waals surface area contributed by atoms with E-state index < -0.39 is 0 Å². The summed E-state index contributed by atoms with van der Waals surface area (Å²) in [5, 5.41) is 0.946. The summed E-state index contributed by atoms with van der Waals surface area (Å²) in [6.45, 7) is 2.79. The highest BCUT2D eigenvalue weighted by Gasteiger charge is 2.35. The van der Waals surface area contributed by atoms with Crippen molar-refractivity contribution in [3.63, 3.8) is 0 Å². The summed E-state index contributed by atoms with van der Waals surface area (Å²) in [5.41, 5.74) is 0.962. The van der Waals surface area contributed by atoms with E-state index in [0.29, 0.717) is 0 Å². The maximum Gasteiger partial charge on any atom is 0.237 e. The van der Waals surface area contributed by atoms with Crippen molar-refractivity contribution in [1.29, 1.82) is 0 Å². The maximum absolute atomic E-state index is 12.5. The van der Waals surface area contributed by atoms with Gasteiger partial charge in [0.25, 0.3) is 0 Å². The van der Waals surface area contributed by atoms with Gasteiger partial charge in [-0.1, -0.05) is 15.9 Å².